The van der Waals surface area contributed by atoms with Gasteiger partial charge in [0.05, 0.1) is 32.5 Å². The van der Waals surface area contributed by atoms with E-state index < -0.39 is 11.7 Å². The first-order valence-corrected chi connectivity index (χ1v) is 7.94. The molecule has 8 heteroatoms. The number of carbonyl (C=O) groups excluding carboxylic acids is 1. The summed E-state index contributed by atoms with van der Waals surface area (Å²) in [6.07, 6.45) is 0. The zero-order valence-electron chi connectivity index (χ0n) is 14.3. The second kappa shape index (κ2) is 7.13. The highest BCUT2D eigenvalue weighted by atomic mass is 35.5. The minimum atomic E-state index is -0.622. The van der Waals surface area contributed by atoms with Crippen LogP contribution in [0.25, 0.3) is 10.9 Å². The van der Waals surface area contributed by atoms with Crippen molar-refractivity contribution in [1.82, 2.24) is 4.98 Å². The first-order valence-electron chi connectivity index (χ1n) is 7.56. The maximum Gasteiger partial charge on any atom is 0.272 e. The fourth-order valence-electron chi connectivity index (χ4n) is 2.65. The van der Waals surface area contributed by atoms with E-state index in [1.807, 2.05) is 0 Å². The van der Waals surface area contributed by atoms with Gasteiger partial charge in [0.25, 0.3) is 5.91 Å². The lowest BCUT2D eigenvalue weighted by atomic mass is 10.2. The number of aromatic nitrogens is 1. The van der Waals surface area contributed by atoms with Crippen LogP contribution in [0, 0.1) is 5.82 Å². The number of halogens is 2. The highest BCUT2D eigenvalue weighted by Gasteiger charge is 2.20. The van der Waals surface area contributed by atoms with Gasteiger partial charge in [-0.1, -0.05) is 11.6 Å². The number of ether oxygens (including phenoxy) is 3. The molecule has 0 aliphatic heterocycles. The number of hydrogen-bond acceptors (Lipinski definition) is 4. The summed E-state index contributed by atoms with van der Waals surface area (Å²) in [7, 11) is 4.49. The zero-order valence-corrected chi connectivity index (χ0v) is 15.0. The van der Waals surface area contributed by atoms with Crippen molar-refractivity contribution >= 4 is 34.1 Å². The SMILES string of the molecule is COc1cc2cc(C(=O)Nc3ccc(Cl)cc3F)[nH]c2c(OC)c1OC. The Morgan fingerprint density at radius 2 is 1.81 bits per heavy atom. The molecule has 136 valence electrons. The summed E-state index contributed by atoms with van der Waals surface area (Å²) in [6, 6.07) is 7.34. The minimum absolute atomic E-state index is 0.0279. The Morgan fingerprint density at radius 1 is 1.08 bits per heavy atom. The first-order chi connectivity index (χ1) is 12.5. The third kappa shape index (κ3) is 3.13. The van der Waals surface area contributed by atoms with Gasteiger partial charge in [-0.2, -0.15) is 0 Å². The second-order valence-corrected chi connectivity index (χ2v) is 5.81. The molecule has 0 aliphatic carbocycles. The van der Waals surface area contributed by atoms with E-state index in [-0.39, 0.29) is 16.4 Å². The van der Waals surface area contributed by atoms with Crippen LogP contribution in [0.2, 0.25) is 5.02 Å². The first kappa shape index (κ1) is 17.9. The van der Waals surface area contributed by atoms with Crippen molar-refractivity contribution in [1.29, 1.82) is 0 Å². The molecule has 0 fully saturated rings. The Hall–Kier alpha value is -2.93. The number of carbonyl (C=O) groups is 1. The van der Waals surface area contributed by atoms with E-state index in [4.69, 9.17) is 25.8 Å². The number of H-pyrrole nitrogens is 1. The number of benzene rings is 2. The van der Waals surface area contributed by atoms with Crippen molar-refractivity contribution in [3.05, 3.63) is 46.9 Å². The van der Waals surface area contributed by atoms with Crippen molar-refractivity contribution in [3.63, 3.8) is 0 Å². The van der Waals surface area contributed by atoms with Crippen molar-refractivity contribution < 1.29 is 23.4 Å². The Morgan fingerprint density at radius 3 is 2.42 bits per heavy atom. The summed E-state index contributed by atoms with van der Waals surface area (Å²) >= 11 is 5.72. The summed E-state index contributed by atoms with van der Waals surface area (Å²) < 4.78 is 29.9. The second-order valence-electron chi connectivity index (χ2n) is 5.37. The highest BCUT2D eigenvalue weighted by molar-refractivity contribution is 6.30. The van der Waals surface area contributed by atoms with Crippen molar-refractivity contribution in [2.75, 3.05) is 26.6 Å². The van der Waals surface area contributed by atoms with Crippen LogP contribution in [0.15, 0.2) is 30.3 Å². The molecule has 0 atom stereocenters. The molecule has 1 amide bonds. The summed E-state index contributed by atoms with van der Waals surface area (Å²) in [6.45, 7) is 0. The third-order valence-electron chi connectivity index (χ3n) is 3.84. The third-order valence-corrected chi connectivity index (χ3v) is 4.08. The van der Waals surface area contributed by atoms with Crippen LogP contribution in [0.1, 0.15) is 10.5 Å². The molecule has 1 heterocycles. The van der Waals surface area contributed by atoms with E-state index in [1.54, 1.807) is 12.1 Å². The lowest BCUT2D eigenvalue weighted by Gasteiger charge is -2.12. The molecule has 26 heavy (non-hydrogen) atoms. The van der Waals surface area contributed by atoms with Gasteiger partial charge in [-0.05, 0) is 30.3 Å². The highest BCUT2D eigenvalue weighted by Crippen LogP contribution is 2.43. The number of nitrogens with one attached hydrogen (secondary N) is 2. The topological polar surface area (TPSA) is 72.6 Å². The van der Waals surface area contributed by atoms with Crippen molar-refractivity contribution in [2.24, 2.45) is 0 Å². The number of methoxy groups -OCH3 is 3. The molecule has 3 rings (SSSR count). The van der Waals surface area contributed by atoms with E-state index in [1.165, 1.54) is 33.5 Å². The molecule has 0 spiro atoms. The van der Waals surface area contributed by atoms with Crippen LogP contribution < -0.4 is 19.5 Å². The zero-order chi connectivity index (χ0) is 18.8. The number of amides is 1. The van der Waals surface area contributed by atoms with Crippen LogP contribution in [0.5, 0.6) is 17.2 Å². The maximum atomic E-state index is 13.9. The standard InChI is InChI=1S/C18H16ClFN2O4/c1-24-14-7-9-6-13(21-15(9)17(26-3)16(14)25-2)18(23)22-12-5-4-10(19)8-11(12)20/h4-8,21H,1-3H3,(H,22,23). The lowest BCUT2D eigenvalue weighted by molar-refractivity contribution is 0.102. The number of fused-ring (bicyclic) bond motifs is 1. The van der Waals surface area contributed by atoms with E-state index in [2.05, 4.69) is 10.3 Å². The van der Waals surface area contributed by atoms with Gasteiger partial charge in [-0.3, -0.25) is 4.79 Å². The fraction of sp³-hybridized carbons (Fsp3) is 0.167. The van der Waals surface area contributed by atoms with Crippen LogP contribution in [0.4, 0.5) is 10.1 Å². The molecule has 0 bridgehead atoms. The molecule has 0 radical (unpaired) electrons. The van der Waals surface area contributed by atoms with Crippen molar-refractivity contribution in [3.8, 4) is 17.2 Å². The summed E-state index contributed by atoms with van der Waals surface area (Å²) in [5.74, 6) is 0.135. The van der Waals surface area contributed by atoms with E-state index in [0.717, 1.165) is 6.07 Å². The quantitative estimate of drug-likeness (QED) is 0.696. The van der Waals surface area contributed by atoms with E-state index >= 15 is 0 Å². The molecule has 0 saturated heterocycles. The number of aromatic amines is 1. The van der Waals surface area contributed by atoms with E-state index in [9.17, 15) is 9.18 Å². The van der Waals surface area contributed by atoms with Gasteiger partial charge in [0.1, 0.15) is 11.5 Å². The smallest absolute Gasteiger partial charge is 0.272 e. The molecule has 0 unspecified atom stereocenters. The van der Waals surface area contributed by atoms with Gasteiger partial charge in [0.15, 0.2) is 11.5 Å². The molecule has 0 saturated carbocycles. The molecule has 2 aromatic carbocycles. The predicted octanol–water partition coefficient (Wildman–Crippen LogP) is 4.24. The summed E-state index contributed by atoms with van der Waals surface area (Å²) in [5.41, 5.74) is 0.815. The lowest BCUT2D eigenvalue weighted by Crippen LogP contribution is -2.13. The Labute approximate surface area is 153 Å². The average Bonchev–Trinajstić information content (AvgIpc) is 3.06. The molecule has 2 N–H and O–H groups in total. The normalized spacial score (nSPS) is 10.7. The largest absolute Gasteiger partial charge is 0.493 e. The van der Waals surface area contributed by atoms with Crippen LogP contribution in [-0.2, 0) is 0 Å². The van der Waals surface area contributed by atoms with Crippen molar-refractivity contribution in [2.45, 2.75) is 0 Å². The number of anilines is 1. The Bertz CT molecular complexity index is 987. The predicted molar refractivity (Wildman–Crippen MR) is 97.3 cm³/mol. The maximum absolute atomic E-state index is 13.9. The molecule has 1 aromatic heterocycles. The summed E-state index contributed by atoms with van der Waals surface area (Å²) in [4.78, 5) is 15.5. The van der Waals surface area contributed by atoms with Gasteiger partial charge in [-0.15, -0.1) is 0 Å². The minimum Gasteiger partial charge on any atom is -0.493 e. The van der Waals surface area contributed by atoms with E-state index in [0.29, 0.717) is 28.2 Å². The summed E-state index contributed by atoms with van der Waals surface area (Å²) in [5, 5.41) is 3.43. The van der Waals surface area contributed by atoms with Gasteiger partial charge in [0.2, 0.25) is 5.75 Å². The fourth-order valence-corrected chi connectivity index (χ4v) is 2.81. The van der Waals surface area contributed by atoms with Gasteiger partial charge < -0.3 is 24.5 Å². The molecule has 6 nitrogen and oxygen atoms in total. The van der Waals surface area contributed by atoms with Crippen LogP contribution >= 0.6 is 11.6 Å². The molecule has 0 aliphatic rings. The number of rotatable bonds is 5. The molecule has 3 aromatic rings. The van der Waals surface area contributed by atoms with Crippen LogP contribution in [-0.4, -0.2) is 32.2 Å². The average molecular weight is 379 g/mol. The Balaban J connectivity index is 2.01. The number of hydrogen-bond donors (Lipinski definition) is 2. The molecular weight excluding hydrogens is 363 g/mol. The monoisotopic (exact) mass is 378 g/mol. The van der Waals surface area contributed by atoms with Gasteiger partial charge in [-0.25, -0.2) is 4.39 Å². The molecular formula is C18H16ClFN2O4. The Kier molecular flexibility index (Phi) is 4.90. The van der Waals surface area contributed by atoms with Gasteiger partial charge >= 0.3 is 0 Å². The van der Waals surface area contributed by atoms with Gasteiger partial charge in [0, 0.05) is 10.4 Å². The van der Waals surface area contributed by atoms with Crippen LogP contribution in [0.3, 0.4) is 0 Å².